The maximum atomic E-state index is 5.21. The Morgan fingerprint density at radius 3 is 2.50 bits per heavy atom. The van der Waals surface area contributed by atoms with Gasteiger partial charge in [-0.15, -0.1) is 0 Å². The van der Waals surface area contributed by atoms with Crippen LogP contribution in [-0.4, -0.2) is 13.2 Å². The van der Waals surface area contributed by atoms with Crippen molar-refractivity contribution >= 4 is 11.4 Å². The zero-order chi connectivity index (χ0) is 12.5. The second kappa shape index (κ2) is 4.37. The summed E-state index contributed by atoms with van der Waals surface area (Å²) in [5.74, 6) is 0.902. The third kappa shape index (κ3) is 1.74. The van der Waals surface area contributed by atoms with Gasteiger partial charge in [0.15, 0.2) is 0 Å². The first-order valence-electron chi connectivity index (χ1n) is 6.31. The first-order valence-corrected chi connectivity index (χ1v) is 6.31. The van der Waals surface area contributed by atoms with Gasteiger partial charge in [0.1, 0.15) is 5.75 Å². The molecule has 0 N–H and O–H groups in total. The molecule has 3 rings (SSSR count). The molecule has 92 valence electrons. The molecule has 1 heterocycles. The van der Waals surface area contributed by atoms with Gasteiger partial charge in [-0.25, -0.2) is 0 Å². The van der Waals surface area contributed by atoms with Gasteiger partial charge in [-0.2, -0.15) is 0 Å². The molecule has 0 radical (unpaired) electrons. The monoisotopic (exact) mass is 239 g/mol. The molecule has 0 spiro atoms. The number of nitrogens with zero attached hydrogens (tertiary/aromatic N) is 1. The molecule has 2 heteroatoms. The summed E-state index contributed by atoms with van der Waals surface area (Å²) >= 11 is 0. The quantitative estimate of drug-likeness (QED) is 0.790. The Hall–Kier alpha value is -1.96. The van der Waals surface area contributed by atoms with Crippen LogP contribution in [0.2, 0.25) is 0 Å². The average molecular weight is 239 g/mol. The summed E-state index contributed by atoms with van der Waals surface area (Å²) in [6.45, 7) is 2.27. The van der Waals surface area contributed by atoms with Gasteiger partial charge in [0, 0.05) is 17.4 Å². The van der Waals surface area contributed by atoms with E-state index >= 15 is 0 Å². The molecule has 2 nitrogen and oxygen atoms in total. The van der Waals surface area contributed by atoms with Crippen molar-refractivity contribution in [3.8, 4) is 5.75 Å². The van der Waals surface area contributed by atoms with Crippen molar-refractivity contribution in [2.24, 2.45) is 0 Å². The van der Waals surface area contributed by atoms with E-state index in [1.165, 1.54) is 16.9 Å². The number of hydrogen-bond donors (Lipinski definition) is 0. The summed E-state index contributed by atoms with van der Waals surface area (Å²) in [7, 11) is 1.70. The maximum Gasteiger partial charge on any atom is 0.119 e. The van der Waals surface area contributed by atoms with Crippen molar-refractivity contribution in [2.75, 3.05) is 12.0 Å². The fraction of sp³-hybridized carbons (Fsp3) is 0.250. The van der Waals surface area contributed by atoms with E-state index in [4.69, 9.17) is 4.74 Å². The summed E-state index contributed by atoms with van der Waals surface area (Å²) in [6, 6.07) is 17.4. The van der Waals surface area contributed by atoms with E-state index < -0.39 is 0 Å². The third-order valence-electron chi connectivity index (χ3n) is 3.56. The van der Waals surface area contributed by atoms with Crippen LogP contribution < -0.4 is 9.64 Å². The third-order valence-corrected chi connectivity index (χ3v) is 3.56. The highest BCUT2D eigenvalue weighted by molar-refractivity contribution is 5.71. The minimum absolute atomic E-state index is 0.510. The molecule has 0 saturated heterocycles. The molecule has 0 amide bonds. The summed E-state index contributed by atoms with van der Waals surface area (Å²) in [4.78, 5) is 2.40. The lowest BCUT2D eigenvalue weighted by Crippen LogP contribution is -2.23. The number of hydrogen-bond acceptors (Lipinski definition) is 2. The normalized spacial score (nSPS) is 17.7. The standard InChI is InChI=1S/C16H17NO/c1-12-11-13-5-3-4-6-16(13)17(12)14-7-9-15(18-2)10-8-14/h3-10,12H,11H2,1-2H3. The fourth-order valence-electron chi connectivity index (χ4n) is 2.70. The molecule has 0 fully saturated rings. The Kier molecular flexibility index (Phi) is 2.71. The van der Waals surface area contributed by atoms with E-state index in [1.54, 1.807) is 7.11 Å². The van der Waals surface area contributed by atoms with Gasteiger partial charge in [0.2, 0.25) is 0 Å². The number of benzene rings is 2. The second-order valence-electron chi connectivity index (χ2n) is 4.75. The van der Waals surface area contributed by atoms with Crippen molar-refractivity contribution in [1.29, 1.82) is 0 Å². The molecular formula is C16H17NO. The smallest absolute Gasteiger partial charge is 0.119 e. The van der Waals surface area contributed by atoms with Gasteiger partial charge < -0.3 is 9.64 Å². The first-order chi connectivity index (χ1) is 8.79. The minimum atomic E-state index is 0.510. The van der Waals surface area contributed by atoms with Crippen molar-refractivity contribution in [3.05, 3.63) is 54.1 Å². The zero-order valence-electron chi connectivity index (χ0n) is 10.8. The van der Waals surface area contributed by atoms with E-state index in [1.807, 2.05) is 12.1 Å². The molecule has 2 aromatic carbocycles. The molecule has 1 aliphatic heterocycles. The lowest BCUT2D eigenvalue weighted by Gasteiger charge is -2.25. The Morgan fingerprint density at radius 1 is 1.06 bits per heavy atom. The molecule has 1 atom stereocenters. The van der Waals surface area contributed by atoms with Gasteiger partial charge in [0.25, 0.3) is 0 Å². The minimum Gasteiger partial charge on any atom is -0.497 e. The summed E-state index contributed by atoms with van der Waals surface area (Å²) in [5.41, 5.74) is 3.99. The van der Waals surface area contributed by atoms with E-state index in [2.05, 4.69) is 48.2 Å². The SMILES string of the molecule is COc1ccc(N2c3ccccc3CC2C)cc1. The van der Waals surface area contributed by atoms with Crippen molar-refractivity contribution < 1.29 is 4.74 Å². The Bertz CT molecular complexity index is 547. The topological polar surface area (TPSA) is 12.5 Å². The predicted molar refractivity (Wildman–Crippen MR) is 74.7 cm³/mol. The zero-order valence-corrected chi connectivity index (χ0v) is 10.8. The molecule has 0 aromatic heterocycles. The first kappa shape index (κ1) is 11.1. The van der Waals surface area contributed by atoms with Crippen molar-refractivity contribution in [3.63, 3.8) is 0 Å². The number of fused-ring (bicyclic) bond motifs is 1. The van der Waals surface area contributed by atoms with Gasteiger partial charge in [-0.05, 0) is 49.2 Å². The van der Waals surface area contributed by atoms with Crippen LogP contribution >= 0.6 is 0 Å². The van der Waals surface area contributed by atoms with Gasteiger partial charge >= 0.3 is 0 Å². The van der Waals surface area contributed by atoms with Crippen molar-refractivity contribution in [2.45, 2.75) is 19.4 Å². The van der Waals surface area contributed by atoms with Crippen LogP contribution in [0.25, 0.3) is 0 Å². The number of rotatable bonds is 2. The van der Waals surface area contributed by atoms with Crippen LogP contribution in [0.1, 0.15) is 12.5 Å². The maximum absolute atomic E-state index is 5.21. The Balaban J connectivity index is 2.00. The van der Waals surface area contributed by atoms with Crippen LogP contribution in [0.3, 0.4) is 0 Å². The van der Waals surface area contributed by atoms with E-state index in [9.17, 15) is 0 Å². The highest BCUT2D eigenvalue weighted by atomic mass is 16.5. The highest BCUT2D eigenvalue weighted by Gasteiger charge is 2.26. The lowest BCUT2D eigenvalue weighted by molar-refractivity contribution is 0.415. The molecule has 1 unspecified atom stereocenters. The number of ether oxygens (including phenoxy) is 1. The average Bonchev–Trinajstić information content (AvgIpc) is 2.75. The summed E-state index contributed by atoms with van der Waals surface area (Å²) in [5, 5.41) is 0. The Morgan fingerprint density at radius 2 is 1.78 bits per heavy atom. The van der Waals surface area contributed by atoms with Crippen molar-refractivity contribution in [1.82, 2.24) is 0 Å². The summed E-state index contributed by atoms with van der Waals surface area (Å²) < 4.78 is 5.21. The molecule has 0 bridgehead atoms. The molecule has 18 heavy (non-hydrogen) atoms. The van der Waals surface area contributed by atoms with Gasteiger partial charge in [-0.3, -0.25) is 0 Å². The predicted octanol–water partition coefficient (Wildman–Crippen LogP) is 3.78. The van der Waals surface area contributed by atoms with E-state index in [-0.39, 0.29) is 0 Å². The summed E-state index contributed by atoms with van der Waals surface area (Å²) in [6.07, 6.45) is 1.11. The van der Waals surface area contributed by atoms with E-state index in [0.29, 0.717) is 6.04 Å². The van der Waals surface area contributed by atoms with Gasteiger partial charge in [-0.1, -0.05) is 18.2 Å². The van der Waals surface area contributed by atoms with Crippen LogP contribution in [0.4, 0.5) is 11.4 Å². The lowest BCUT2D eigenvalue weighted by atomic mass is 10.1. The fourth-order valence-corrected chi connectivity index (χ4v) is 2.70. The molecule has 2 aromatic rings. The highest BCUT2D eigenvalue weighted by Crippen LogP contribution is 2.38. The van der Waals surface area contributed by atoms with E-state index in [0.717, 1.165) is 12.2 Å². The largest absolute Gasteiger partial charge is 0.497 e. The molecule has 1 aliphatic rings. The Labute approximate surface area is 108 Å². The molecule has 0 saturated carbocycles. The van der Waals surface area contributed by atoms with Crippen LogP contribution in [0.5, 0.6) is 5.75 Å². The molecule has 0 aliphatic carbocycles. The van der Waals surface area contributed by atoms with Crippen LogP contribution in [-0.2, 0) is 6.42 Å². The number of para-hydroxylation sites is 1. The van der Waals surface area contributed by atoms with Crippen LogP contribution in [0.15, 0.2) is 48.5 Å². The van der Waals surface area contributed by atoms with Gasteiger partial charge in [0.05, 0.1) is 7.11 Å². The second-order valence-corrected chi connectivity index (χ2v) is 4.75. The molecular weight excluding hydrogens is 222 g/mol. The van der Waals surface area contributed by atoms with Crippen LogP contribution in [0, 0.1) is 0 Å². The number of anilines is 2. The number of methoxy groups -OCH3 is 1.